The highest BCUT2D eigenvalue weighted by Crippen LogP contribution is 2.33. The number of amides is 1. The summed E-state index contributed by atoms with van der Waals surface area (Å²) in [7, 11) is 0. The molecule has 1 aliphatic rings. The van der Waals surface area contributed by atoms with Crippen molar-refractivity contribution in [2.75, 3.05) is 0 Å². The van der Waals surface area contributed by atoms with Crippen LogP contribution in [0.3, 0.4) is 0 Å². The highest BCUT2D eigenvalue weighted by molar-refractivity contribution is 5.66. The highest BCUT2D eigenvalue weighted by Gasteiger charge is 2.37. The second-order valence-corrected chi connectivity index (χ2v) is 3.77. The minimum Gasteiger partial charge on any atom is -0.465 e. The molecule has 1 saturated carbocycles. The Morgan fingerprint density at radius 1 is 1.67 bits per heavy atom. The molecule has 1 aromatic heterocycles. The van der Waals surface area contributed by atoms with Gasteiger partial charge in [0.1, 0.15) is 0 Å². The zero-order valence-electron chi connectivity index (χ0n) is 8.67. The van der Waals surface area contributed by atoms with Crippen molar-refractivity contribution >= 4 is 6.09 Å². The molecule has 1 atom stereocenters. The molecule has 0 aromatic carbocycles. The zero-order chi connectivity index (χ0) is 11.0. The Balaban J connectivity index is 2.17. The predicted molar refractivity (Wildman–Crippen MR) is 50.3 cm³/mol. The molecule has 1 unspecified atom stereocenters. The number of nitrogens with zero attached hydrogens (tertiary/aromatic N) is 3. The fourth-order valence-electron chi connectivity index (χ4n) is 1.60. The predicted octanol–water partition coefficient (Wildman–Crippen LogP) is 1.58. The van der Waals surface area contributed by atoms with Crippen LogP contribution in [0, 0.1) is 6.92 Å². The third-order valence-corrected chi connectivity index (χ3v) is 2.50. The van der Waals surface area contributed by atoms with E-state index < -0.39 is 6.09 Å². The van der Waals surface area contributed by atoms with Gasteiger partial charge in [0, 0.05) is 13.0 Å². The van der Waals surface area contributed by atoms with E-state index in [4.69, 9.17) is 9.63 Å². The molecule has 6 heteroatoms. The summed E-state index contributed by atoms with van der Waals surface area (Å²) in [5.41, 5.74) is 0. The van der Waals surface area contributed by atoms with Gasteiger partial charge in [-0.15, -0.1) is 0 Å². The molecule has 1 aromatic rings. The highest BCUT2D eigenvalue weighted by atomic mass is 16.5. The van der Waals surface area contributed by atoms with Crippen LogP contribution in [0.25, 0.3) is 0 Å². The number of aryl methyl sites for hydroxylation is 1. The van der Waals surface area contributed by atoms with Gasteiger partial charge in [-0.1, -0.05) is 5.16 Å². The molecule has 2 rings (SSSR count). The van der Waals surface area contributed by atoms with Gasteiger partial charge in [0.05, 0.1) is 6.04 Å². The van der Waals surface area contributed by atoms with E-state index in [1.165, 1.54) is 4.90 Å². The van der Waals surface area contributed by atoms with E-state index >= 15 is 0 Å². The third-order valence-electron chi connectivity index (χ3n) is 2.50. The first-order chi connectivity index (χ1) is 7.09. The van der Waals surface area contributed by atoms with Gasteiger partial charge in [-0.3, -0.25) is 4.90 Å². The van der Waals surface area contributed by atoms with E-state index in [0.717, 1.165) is 12.8 Å². The summed E-state index contributed by atoms with van der Waals surface area (Å²) < 4.78 is 4.83. The second kappa shape index (κ2) is 3.52. The number of rotatable bonds is 3. The summed E-state index contributed by atoms with van der Waals surface area (Å²) in [6.45, 7) is 3.46. The van der Waals surface area contributed by atoms with Gasteiger partial charge >= 0.3 is 6.09 Å². The summed E-state index contributed by atoms with van der Waals surface area (Å²) in [5, 5.41) is 12.8. The maximum atomic E-state index is 11.0. The minimum absolute atomic E-state index is 0.122. The van der Waals surface area contributed by atoms with E-state index in [-0.39, 0.29) is 12.1 Å². The van der Waals surface area contributed by atoms with Crippen molar-refractivity contribution in [3.63, 3.8) is 0 Å². The zero-order valence-corrected chi connectivity index (χ0v) is 8.67. The van der Waals surface area contributed by atoms with Crippen molar-refractivity contribution in [1.82, 2.24) is 15.0 Å². The number of hydrogen-bond acceptors (Lipinski definition) is 4. The van der Waals surface area contributed by atoms with Gasteiger partial charge in [-0.05, 0) is 19.8 Å². The smallest absolute Gasteiger partial charge is 0.408 e. The molecule has 0 bridgehead atoms. The molecule has 0 radical (unpaired) electrons. The van der Waals surface area contributed by atoms with Crippen LogP contribution in [0.15, 0.2) is 4.52 Å². The van der Waals surface area contributed by atoms with Gasteiger partial charge in [-0.2, -0.15) is 4.98 Å². The van der Waals surface area contributed by atoms with E-state index in [2.05, 4.69) is 10.1 Å². The monoisotopic (exact) mass is 211 g/mol. The lowest BCUT2D eigenvalue weighted by atomic mass is 10.2. The SMILES string of the molecule is Cc1nc(C(C)N(C(=O)O)C2CC2)no1. The third kappa shape index (κ3) is 1.93. The van der Waals surface area contributed by atoms with Crippen molar-refractivity contribution in [1.29, 1.82) is 0 Å². The molecule has 6 nitrogen and oxygen atoms in total. The first-order valence-corrected chi connectivity index (χ1v) is 4.91. The molecule has 15 heavy (non-hydrogen) atoms. The summed E-state index contributed by atoms with van der Waals surface area (Å²) >= 11 is 0. The van der Waals surface area contributed by atoms with Gasteiger partial charge in [0.25, 0.3) is 0 Å². The molecular formula is C9H13N3O3. The van der Waals surface area contributed by atoms with Crippen LogP contribution in [-0.4, -0.2) is 32.3 Å². The van der Waals surface area contributed by atoms with E-state index in [9.17, 15) is 4.79 Å². The van der Waals surface area contributed by atoms with Gasteiger partial charge < -0.3 is 9.63 Å². The minimum atomic E-state index is -0.924. The normalized spacial score (nSPS) is 17.5. The Hall–Kier alpha value is -1.59. The number of carboxylic acid groups (broad SMARTS) is 1. The van der Waals surface area contributed by atoms with Crippen molar-refractivity contribution in [2.45, 2.75) is 38.8 Å². The molecule has 1 heterocycles. The lowest BCUT2D eigenvalue weighted by Crippen LogP contribution is -2.34. The maximum absolute atomic E-state index is 11.0. The molecule has 82 valence electrons. The van der Waals surface area contributed by atoms with Crippen molar-refractivity contribution in [2.24, 2.45) is 0 Å². The standard InChI is InChI=1S/C9H13N3O3/c1-5(8-10-6(2)15-11-8)12(9(13)14)7-3-4-7/h5,7H,3-4H2,1-2H3,(H,13,14). The van der Waals surface area contributed by atoms with Crippen LogP contribution in [-0.2, 0) is 0 Å². The van der Waals surface area contributed by atoms with Crippen LogP contribution >= 0.6 is 0 Å². The molecule has 0 saturated heterocycles. The van der Waals surface area contributed by atoms with Crippen LogP contribution in [0.1, 0.15) is 37.5 Å². The second-order valence-electron chi connectivity index (χ2n) is 3.77. The van der Waals surface area contributed by atoms with Crippen molar-refractivity contribution in [3.05, 3.63) is 11.7 Å². The molecule has 0 spiro atoms. The van der Waals surface area contributed by atoms with Crippen LogP contribution in [0.4, 0.5) is 4.79 Å². The number of carbonyl (C=O) groups is 1. The van der Waals surface area contributed by atoms with Crippen LogP contribution < -0.4 is 0 Å². The number of hydrogen-bond donors (Lipinski definition) is 1. The summed E-state index contributed by atoms with van der Waals surface area (Å²) in [5.74, 6) is 0.889. The van der Waals surface area contributed by atoms with Gasteiger partial charge in [0.2, 0.25) is 5.89 Å². The molecule has 0 aliphatic heterocycles. The molecule has 1 fully saturated rings. The van der Waals surface area contributed by atoms with Gasteiger partial charge in [0.15, 0.2) is 5.82 Å². The van der Waals surface area contributed by atoms with Crippen molar-refractivity contribution < 1.29 is 14.4 Å². The first kappa shape index (κ1) is 9.95. The average Bonchev–Trinajstić information content (AvgIpc) is 2.87. The summed E-state index contributed by atoms with van der Waals surface area (Å²) in [6, 6.07) is -0.219. The molecule has 1 aliphatic carbocycles. The quantitative estimate of drug-likeness (QED) is 0.821. The van der Waals surface area contributed by atoms with Crippen LogP contribution in [0.2, 0.25) is 0 Å². The van der Waals surface area contributed by atoms with Crippen LogP contribution in [0.5, 0.6) is 0 Å². The van der Waals surface area contributed by atoms with Gasteiger partial charge in [-0.25, -0.2) is 4.79 Å². The van der Waals surface area contributed by atoms with E-state index in [0.29, 0.717) is 11.7 Å². The Labute approximate surface area is 86.9 Å². The molecule has 1 N–H and O–H groups in total. The Kier molecular flexibility index (Phi) is 2.34. The summed E-state index contributed by atoms with van der Waals surface area (Å²) in [6.07, 6.45) is 0.925. The lowest BCUT2D eigenvalue weighted by molar-refractivity contribution is 0.121. The Morgan fingerprint density at radius 3 is 2.73 bits per heavy atom. The van der Waals surface area contributed by atoms with E-state index in [1.807, 2.05) is 0 Å². The average molecular weight is 211 g/mol. The Bertz CT molecular complexity index is 372. The molecule has 1 amide bonds. The fourth-order valence-corrected chi connectivity index (χ4v) is 1.60. The van der Waals surface area contributed by atoms with Crippen molar-refractivity contribution in [3.8, 4) is 0 Å². The van der Waals surface area contributed by atoms with E-state index in [1.54, 1.807) is 13.8 Å². The first-order valence-electron chi connectivity index (χ1n) is 4.91. The molecular weight excluding hydrogens is 198 g/mol. The summed E-state index contributed by atoms with van der Waals surface area (Å²) in [4.78, 5) is 16.5. The Morgan fingerprint density at radius 2 is 2.33 bits per heavy atom. The fraction of sp³-hybridized carbons (Fsp3) is 0.667. The number of aromatic nitrogens is 2. The largest absolute Gasteiger partial charge is 0.465 e. The maximum Gasteiger partial charge on any atom is 0.408 e. The topological polar surface area (TPSA) is 79.5 Å². The lowest BCUT2D eigenvalue weighted by Gasteiger charge is -2.23.